The Kier molecular flexibility index (Phi) is 5.62. The van der Waals surface area contributed by atoms with Gasteiger partial charge in [0.15, 0.2) is 0 Å². The predicted molar refractivity (Wildman–Crippen MR) is 129 cm³/mol. The number of anilines is 1. The molecule has 6 rings (SSSR count). The van der Waals surface area contributed by atoms with Crippen LogP contribution in [0.25, 0.3) is 0 Å². The standard InChI is InChI=1S/C27H32FN3O4/c1-13-7-19(5-6-20(13)28)29-25(33)21-14(2)23(31(4)15(21)3)24(32)26(34)30-22-17-8-16-9-18(22)12-27(35,10-16)11-17/h5-7,16-18,22,35H,8-12H2,1-4H3,(H,29,33)(H,30,34)/t16-,17-,18+,22-,27-. The Hall–Kier alpha value is -3.00. The second-order valence-corrected chi connectivity index (χ2v) is 10.9. The molecule has 0 aliphatic heterocycles. The van der Waals surface area contributed by atoms with Gasteiger partial charge in [0.2, 0.25) is 0 Å². The van der Waals surface area contributed by atoms with Gasteiger partial charge in [-0.25, -0.2) is 4.39 Å². The number of hydrogen-bond donors (Lipinski definition) is 3. The van der Waals surface area contributed by atoms with E-state index in [-0.39, 0.29) is 29.4 Å². The van der Waals surface area contributed by atoms with E-state index in [9.17, 15) is 23.9 Å². The van der Waals surface area contributed by atoms with Crippen LogP contribution < -0.4 is 10.6 Å². The van der Waals surface area contributed by atoms with Crippen LogP contribution in [0.4, 0.5) is 10.1 Å². The third kappa shape index (κ3) is 3.97. The highest BCUT2D eigenvalue weighted by Crippen LogP contribution is 2.55. The zero-order valence-corrected chi connectivity index (χ0v) is 20.6. The number of aromatic nitrogens is 1. The van der Waals surface area contributed by atoms with Gasteiger partial charge in [-0.15, -0.1) is 0 Å². The van der Waals surface area contributed by atoms with Gasteiger partial charge in [0.25, 0.3) is 17.6 Å². The van der Waals surface area contributed by atoms with Crippen LogP contribution in [0, 0.1) is 44.3 Å². The molecule has 4 bridgehead atoms. The lowest BCUT2D eigenvalue weighted by Gasteiger charge is -2.58. The van der Waals surface area contributed by atoms with Crippen LogP contribution in [-0.2, 0) is 11.8 Å². The lowest BCUT2D eigenvalue weighted by molar-refractivity contribution is -0.144. The van der Waals surface area contributed by atoms with Gasteiger partial charge in [-0.2, -0.15) is 0 Å². The number of aliphatic hydroxyl groups is 1. The van der Waals surface area contributed by atoms with Crippen LogP contribution in [0.5, 0.6) is 0 Å². The summed E-state index contributed by atoms with van der Waals surface area (Å²) >= 11 is 0. The van der Waals surface area contributed by atoms with Crippen molar-refractivity contribution in [2.45, 2.75) is 64.5 Å². The molecule has 0 unspecified atom stereocenters. The number of ketones is 1. The molecule has 1 aromatic carbocycles. The zero-order valence-electron chi connectivity index (χ0n) is 20.6. The van der Waals surface area contributed by atoms with Gasteiger partial charge in [-0.1, -0.05) is 0 Å². The Morgan fingerprint density at radius 2 is 1.74 bits per heavy atom. The topological polar surface area (TPSA) is 100 Å². The fraction of sp³-hybridized carbons (Fsp3) is 0.519. The Balaban J connectivity index is 1.35. The normalized spacial score (nSPS) is 28.7. The van der Waals surface area contributed by atoms with Crippen molar-refractivity contribution in [3.8, 4) is 0 Å². The number of benzene rings is 1. The minimum atomic E-state index is -0.669. The van der Waals surface area contributed by atoms with E-state index < -0.39 is 23.2 Å². The Labute approximate surface area is 204 Å². The van der Waals surface area contributed by atoms with E-state index in [0.717, 1.165) is 19.3 Å². The maximum Gasteiger partial charge on any atom is 0.294 e. The molecule has 4 saturated carbocycles. The molecule has 5 atom stereocenters. The molecule has 4 fully saturated rings. The van der Waals surface area contributed by atoms with Crippen LogP contribution in [0.15, 0.2) is 18.2 Å². The van der Waals surface area contributed by atoms with E-state index in [1.165, 1.54) is 12.1 Å². The maximum absolute atomic E-state index is 13.6. The third-order valence-corrected chi connectivity index (χ3v) is 8.53. The zero-order chi connectivity index (χ0) is 25.2. The number of aryl methyl sites for hydroxylation is 1. The summed E-state index contributed by atoms with van der Waals surface area (Å²) in [5.41, 5.74) is 1.75. The minimum Gasteiger partial charge on any atom is -0.390 e. The summed E-state index contributed by atoms with van der Waals surface area (Å²) in [6.07, 6.45) is 4.16. The van der Waals surface area contributed by atoms with Crippen molar-refractivity contribution in [1.29, 1.82) is 0 Å². The van der Waals surface area contributed by atoms with E-state index >= 15 is 0 Å². The number of carbonyl (C=O) groups is 3. The van der Waals surface area contributed by atoms with Crippen LogP contribution >= 0.6 is 0 Å². The van der Waals surface area contributed by atoms with Gasteiger partial charge < -0.3 is 20.3 Å². The quantitative estimate of drug-likeness (QED) is 0.449. The van der Waals surface area contributed by atoms with Gasteiger partial charge in [0, 0.05) is 24.5 Å². The highest BCUT2D eigenvalue weighted by molar-refractivity contribution is 6.43. The van der Waals surface area contributed by atoms with Crippen molar-refractivity contribution in [2.75, 3.05) is 5.32 Å². The molecule has 3 N–H and O–H groups in total. The fourth-order valence-corrected chi connectivity index (χ4v) is 7.09. The summed E-state index contributed by atoms with van der Waals surface area (Å²) in [4.78, 5) is 39.5. The number of Topliss-reactive ketones (excluding diaryl/α,β-unsaturated/α-hetero) is 1. The summed E-state index contributed by atoms with van der Waals surface area (Å²) < 4.78 is 15.2. The Morgan fingerprint density at radius 1 is 1.09 bits per heavy atom. The smallest absolute Gasteiger partial charge is 0.294 e. The average Bonchev–Trinajstić information content (AvgIpc) is 2.99. The molecule has 0 radical (unpaired) electrons. The van der Waals surface area contributed by atoms with Gasteiger partial charge in [0.05, 0.1) is 16.9 Å². The van der Waals surface area contributed by atoms with Crippen LogP contribution in [0.2, 0.25) is 0 Å². The molecule has 4 aliphatic carbocycles. The molecular weight excluding hydrogens is 449 g/mol. The van der Waals surface area contributed by atoms with E-state index in [4.69, 9.17) is 0 Å². The first-order valence-electron chi connectivity index (χ1n) is 12.3. The first kappa shape index (κ1) is 23.7. The third-order valence-electron chi connectivity index (χ3n) is 8.53. The summed E-state index contributed by atoms with van der Waals surface area (Å²) in [5.74, 6) is -1.22. The Bertz CT molecular complexity index is 1230. The monoisotopic (exact) mass is 481 g/mol. The molecule has 1 aromatic heterocycles. The number of amides is 2. The molecule has 0 saturated heterocycles. The van der Waals surface area contributed by atoms with Crippen LogP contribution in [0.1, 0.15) is 69.8 Å². The van der Waals surface area contributed by atoms with Crippen molar-refractivity contribution in [1.82, 2.24) is 9.88 Å². The van der Waals surface area contributed by atoms with Crippen molar-refractivity contribution in [3.63, 3.8) is 0 Å². The average molecular weight is 482 g/mol. The van der Waals surface area contributed by atoms with Crippen molar-refractivity contribution < 1.29 is 23.9 Å². The first-order chi connectivity index (χ1) is 16.5. The predicted octanol–water partition coefficient (Wildman–Crippen LogP) is 3.58. The number of halogens is 1. The summed E-state index contributed by atoms with van der Waals surface area (Å²) in [7, 11) is 1.67. The highest BCUT2D eigenvalue weighted by Gasteiger charge is 2.55. The summed E-state index contributed by atoms with van der Waals surface area (Å²) in [6, 6.07) is 4.21. The molecule has 4 aliphatic rings. The van der Waals surface area contributed by atoms with Crippen LogP contribution in [0.3, 0.4) is 0 Å². The van der Waals surface area contributed by atoms with E-state index in [0.29, 0.717) is 46.8 Å². The van der Waals surface area contributed by atoms with Gasteiger partial charge in [-0.05, 0) is 100.0 Å². The van der Waals surface area contributed by atoms with E-state index in [1.54, 1.807) is 38.5 Å². The lowest BCUT2D eigenvalue weighted by Crippen LogP contribution is -2.62. The highest BCUT2D eigenvalue weighted by atomic mass is 19.1. The second kappa shape index (κ2) is 8.29. The van der Waals surface area contributed by atoms with E-state index in [1.807, 2.05) is 0 Å². The molecule has 2 aromatic rings. The molecule has 2 amide bonds. The fourth-order valence-electron chi connectivity index (χ4n) is 7.09. The van der Waals surface area contributed by atoms with Crippen molar-refractivity contribution >= 4 is 23.3 Å². The minimum absolute atomic E-state index is 0.102. The number of carbonyl (C=O) groups excluding carboxylic acids is 3. The molecule has 35 heavy (non-hydrogen) atoms. The summed E-state index contributed by atoms with van der Waals surface area (Å²) in [6.45, 7) is 5.00. The lowest BCUT2D eigenvalue weighted by atomic mass is 9.52. The number of hydrogen-bond acceptors (Lipinski definition) is 4. The first-order valence-corrected chi connectivity index (χ1v) is 12.3. The molecule has 186 valence electrons. The SMILES string of the molecule is Cc1cc(NC(=O)c2c(C)c(C(=O)C(=O)N[C@@H]3[C@@H]4C[C@@H]5C[C@H]3C[C@@](O)(C5)C4)n(C)c2C)ccc1F. The van der Waals surface area contributed by atoms with Gasteiger partial charge in [-0.3, -0.25) is 14.4 Å². The second-order valence-electron chi connectivity index (χ2n) is 10.9. The maximum atomic E-state index is 13.6. The summed E-state index contributed by atoms with van der Waals surface area (Å²) in [5, 5.41) is 16.6. The molecule has 8 heteroatoms. The van der Waals surface area contributed by atoms with Gasteiger partial charge in [0.1, 0.15) is 5.82 Å². The molecule has 7 nitrogen and oxygen atoms in total. The molecule has 0 spiro atoms. The van der Waals surface area contributed by atoms with Crippen molar-refractivity contribution in [3.05, 3.63) is 52.1 Å². The largest absolute Gasteiger partial charge is 0.390 e. The Morgan fingerprint density at radius 3 is 2.34 bits per heavy atom. The van der Waals surface area contributed by atoms with Crippen LogP contribution in [-0.4, -0.2) is 38.9 Å². The number of nitrogens with one attached hydrogen (secondary N) is 2. The van der Waals surface area contributed by atoms with E-state index in [2.05, 4.69) is 10.6 Å². The van der Waals surface area contributed by atoms with Gasteiger partial charge >= 0.3 is 0 Å². The number of rotatable bonds is 5. The molecular formula is C27H32FN3O4. The van der Waals surface area contributed by atoms with Crippen molar-refractivity contribution in [2.24, 2.45) is 24.8 Å². The molecule has 1 heterocycles. The number of nitrogens with zero attached hydrogens (tertiary/aromatic N) is 1.